The highest BCUT2D eigenvalue weighted by atomic mass is 16.5. The first-order valence-corrected chi connectivity index (χ1v) is 14.5. The number of rotatable bonds is 8. The van der Waals surface area contributed by atoms with E-state index in [4.69, 9.17) is 10.5 Å². The van der Waals surface area contributed by atoms with E-state index >= 15 is 0 Å². The van der Waals surface area contributed by atoms with Crippen LogP contribution in [0.1, 0.15) is 33.5 Å². The summed E-state index contributed by atoms with van der Waals surface area (Å²) in [7, 11) is 8.31. The molecule has 2 aromatic rings. The van der Waals surface area contributed by atoms with Crippen LogP contribution < -0.4 is 20.7 Å². The molecule has 5 N–H and O–H groups in total. The molecule has 3 aliphatic rings. The first kappa shape index (κ1) is 31.3. The highest BCUT2D eigenvalue weighted by Gasteiger charge is 2.69. The van der Waals surface area contributed by atoms with Gasteiger partial charge in [-0.15, -0.1) is 0 Å². The molecule has 12 nitrogen and oxygen atoms in total. The predicted octanol–water partition coefficient (Wildman–Crippen LogP) is 0.231. The Kier molecular flexibility index (Phi) is 8.12. The molecule has 0 heterocycles. The van der Waals surface area contributed by atoms with E-state index in [1.54, 1.807) is 27.3 Å². The number of anilines is 1. The first-order chi connectivity index (χ1) is 20.7. The third kappa shape index (κ3) is 4.68. The fraction of sp³-hybridized carbons (Fsp3) is 0.469. The molecule has 0 radical (unpaired) electrons. The molecule has 3 unspecified atom stereocenters. The molecule has 0 aliphatic heterocycles. The van der Waals surface area contributed by atoms with Crippen LogP contribution >= 0.6 is 0 Å². The summed E-state index contributed by atoms with van der Waals surface area (Å²) < 4.78 is 5.41. The lowest BCUT2D eigenvalue weighted by molar-refractivity contribution is -0.181. The monoisotopic (exact) mass is 606 g/mol. The van der Waals surface area contributed by atoms with E-state index in [1.807, 2.05) is 43.3 Å². The van der Waals surface area contributed by atoms with E-state index < -0.39 is 64.4 Å². The van der Waals surface area contributed by atoms with Crippen molar-refractivity contribution in [1.29, 1.82) is 0 Å². The second-order valence-electron chi connectivity index (χ2n) is 12.4. The molecule has 2 saturated carbocycles. The van der Waals surface area contributed by atoms with Gasteiger partial charge < -0.3 is 30.9 Å². The number of ketones is 4. The zero-order chi connectivity index (χ0) is 32.2. The number of Topliss-reactive ketones (excluding diaryl/α,β-unsaturated/α-hetero) is 4. The molecule has 0 aromatic heterocycles. The smallest absolute Gasteiger partial charge is 0.235 e. The minimum absolute atomic E-state index is 0.000257. The number of hydrogen-bond acceptors (Lipinski definition) is 11. The van der Waals surface area contributed by atoms with Crippen molar-refractivity contribution in [3.8, 4) is 11.5 Å². The van der Waals surface area contributed by atoms with Crippen LogP contribution in [0.15, 0.2) is 30.3 Å². The molecule has 1 amide bonds. The zero-order valence-electron chi connectivity index (χ0n) is 25.4. The fourth-order valence-electron chi connectivity index (χ4n) is 7.42. The number of aliphatic hydroxyl groups is 1. The second kappa shape index (κ2) is 11.4. The van der Waals surface area contributed by atoms with E-state index in [0.29, 0.717) is 29.1 Å². The Balaban J connectivity index is 1.54. The number of likely N-dealkylation sites (N-methyl/N-ethyl adjacent to an activating group) is 1. The number of nitrogens with one attached hydrogen (secondary N) is 1. The summed E-state index contributed by atoms with van der Waals surface area (Å²) in [6.45, 7) is 0.600. The molecule has 6 atom stereocenters. The minimum atomic E-state index is -2.76. The van der Waals surface area contributed by atoms with E-state index in [0.717, 1.165) is 5.56 Å². The number of carbonyl (C=O) groups is 5. The topological polar surface area (TPSA) is 180 Å². The molecule has 0 spiro atoms. The lowest BCUT2D eigenvalue weighted by Gasteiger charge is -2.52. The van der Waals surface area contributed by atoms with Crippen LogP contribution in [-0.4, -0.2) is 91.1 Å². The minimum Gasteiger partial charge on any atom is -0.507 e. The SMILES string of the molecule is COc1ccccc1CNCc1cc(N(C)C)c2c(c1O)C(=O)C1C(=O)[C@]3(O)C(=O)C(C(N)=O)C(=O)C(N(C)C)[C@@H]3C[C@@H]1C2. The van der Waals surface area contributed by atoms with E-state index in [-0.39, 0.29) is 30.7 Å². The van der Waals surface area contributed by atoms with Crippen molar-refractivity contribution in [2.24, 2.45) is 29.4 Å². The standard InChI is InChI=1S/C32H38N4O8/c1-35(2)20-12-17(14-34-13-15-8-6-7-9-21(15)44-5)26(37)23-18(20)10-16-11-19-25(36(3)4)28(39)24(31(33)42)30(41)32(19,43)29(40)22(16)27(23)38/h6-9,12,16,19,22,24-25,34,37,43H,10-11,13-14H2,1-5H3,(H2,33,42)/t16-,19-,22?,24?,25?,32-/m0/s1. The summed E-state index contributed by atoms with van der Waals surface area (Å²) in [4.78, 5) is 70.5. The van der Waals surface area contributed by atoms with Crippen LogP contribution in [0.2, 0.25) is 0 Å². The molecule has 234 valence electrons. The maximum absolute atomic E-state index is 14.2. The Labute approximate surface area is 255 Å². The molecule has 2 fully saturated rings. The number of ether oxygens (including phenoxy) is 1. The number of amides is 1. The third-order valence-corrected chi connectivity index (χ3v) is 9.42. The van der Waals surface area contributed by atoms with Gasteiger partial charge in [-0.25, -0.2) is 0 Å². The lowest BCUT2D eigenvalue weighted by atomic mass is 9.52. The Morgan fingerprint density at radius 2 is 1.73 bits per heavy atom. The number of para-hydroxylation sites is 1. The van der Waals surface area contributed by atoms with E-state index in [2.05, 4.69) is 5.32 Å². The zero-order valence-corrected chi connectivity index (χ0v) is 25.4. The van der Waals surface area contributed by atoms with Crippen LogP contribution in [0.25, 0.3) is 0 Å². The van der Waals surface area contributed by atoms with Gasteiger partial charge in [0, 0.05) is 49.9 Å². The number of nitrogens with zero attached hydrogens (tertiary/aromatic N) is 2. The summed E-state index contributed by atoms with van der Waals surface area (Å²) >= 11 is 0. The van der Waals surface area contributed by atoms with Crippen LogP contribution in [0.4, 0.5) is 5.69 Å². The van der Waals surface area contributed by atoms with Crippen LogP contribution in [0, 0.1) is 23.7 Å². The number of fused-ring (bicyclic) bond motifs is 3. The number of carbonyl (C=O) groups excluding carboxylic acids is 5. The molecule has 12 heteroatoms. The van der Waals surface area contributed by atoms with Crippen molar-refractivity contribution >= 4 is 34.7 Å². The summed E-state index contributed by atoms with van der Waals surface area (Å²) in [5, 5.41) is 26.5. The van der Waals surface area contributed by atoms with Crippen LogP contribution in [0.5, 0.6) is 11.5 Å². The summed E-state index contributed by atoms with van der Waals surface area (Å²) in [6, 6.07) is 8.14. The first-order valence-electron chi connectivity index (χ1n) is 14.5. The predicted molar refractivity (Wildman–Crippen MR) is 159 cm³/mol. The number of phenolic OH excluding ortho intramolecular Hbond substituents is 1. The van der Waals surface area contributed by atoms with Gasteiger partial charge in [0.25, 0.3) is 0 Å². The average Bonchev–Trinajstić information content (AvgIpc) is 2.95. The number of aromatic hydroxyl groups is 1. The van der Waals surface area contributed by atoms with Crippen molar-refractivity contribution in [2.45, 2.75) is 37.6 Å². The number of phenols is 1. The van der Waals surface area contributed by atoms with Gasteiger partial charge in [0.05, 0.1) is 24.6 Å². The van der Waals surface area contributed by atoms with E-state index in [1.165, 1.54) is 4.90 Å². The number of primary amides is 1. The summed E-state index contributed by atoms with van der Waals surface area (Å²) in [5.74, 6) is -9.94. The number of nitrogens with two attached hydrogens (primary N) is 1. The lowest BCUT2D eigenvalue weighted by Crippen LogP contribution is -2.74. The molecular weight excluding hydrogens is 568 g/mol. The largest absolute Gasteiger partial charge is 0.507 e. The molecule has 44 heavy (non-hydrogen) atoms. The molecule has 5 rings (SSSR count). The molecule has 0 saturated heterocycles. The van der Waals surface area contributed by atoms with Gasteiger partial charge in [0.1, 0.15) is 11.5 Å². The van der Waals surface area contributed by atoms with Crippen molar-refractivity contribution in [2.75, 3.05) is 40.2 Å². The van der Waals surface area contributed by atoms with Gasteiger partial charge >= 0.3 is 0 Å². The maximum Gasteiger partial charge on any atom is 0.235 e. The van der Waals surface area contributed by atoms with Crippen LogP contribution in [0.3, 0.4) is 0 Å². The fourth-order valence-corrected chi connectivity index (χ4v) is 7.42. The molecule has 0 bridgehead atoms. The average molecular weight is 607 g/mol. The van der Waals surface area contributed by atoms with Crippen molar-refractivity contribution in [3.63, 3.8) is 0 Å². The van der Waals surface area contributed by atoms with Gasteiger partial charge in [0.2, 0.25) is 5.91 Å². The van der Waals surface area contributed by atoms with Crippen LogP contribution in [-0.2, 0) is 38.7 Å². The highest BCUT2D eigenvalue weighted by molar-refractivity contribution is 6.32. The van der Waals surface area contributed by atoms with Crippen molar-refractivity contribution < 1.29 is 38.9 Å². The van der Waals surface area contributed by atoms with Crippen molar-refractivity contribution in [1.82, 2.24) is 10.2 Å². The molecule has 2 aromatic carbocycles. The summed E-state index contributed by atoms with van der Waals surface area (Å²) in [5.41, 5.74) is 5.16. The number of methoxy groups -OCH3 is 1. The normalized spacial score (nSPS) is 27.9. The van der Waals surface area contributed by atoms with Crippen molar-refractivity contribution in [3.05, 3.63) is 52.6 Å². The third-order valence-electron chi connectivity index (χ3n) is 9.42. The number of benzene rings is 2. The Bertz CT molecular complexity index is 1570. The molecule has 3 aliphatic carbocycles. The quantitative estimate of drug-likeness (QED) is 0.302. The Hall–Kier alpha value is -4.13. The highest BCUT2D eigenvalue weighted by Crippen LogP contribution is 2.52. The summed E-state index contributed by atoms with van der Waals surface area (Å²) in [6.07, 6.45) is 0.196. The van der Waals surface area contributed by atoms with Gasteiger partial charge in [-0.05, 0) is 50.6 Å². The van der Waals surface area contributed by atoms with Gasteiger partial charge in [-0.3, -0.25) is 28.9 Å². The van der Waals surface area contributed by atoms with Gasteiger partial charge in [-0.1, -0.05) is 18.2 Å². The molecular formula is C32H38N4O8. The Morgan fingerprint density at radius 1 is 1.07 bits per heavy atom. The van der Waals surface area contributed by atoms with E-state index in [9.17, 15) is 34.2 Å². The number of hydrogen-bond donors (Lipinski definition) is 4. The second-order valence-corrected chi connectivity index (χ2v) is 12.4. The van der Waals surface area contributed by atoms with Gasteiger partial charge in [0.15, 0.2) is 34.7 Å². The van der Waals surface area contributed by atoms with Gasteiger partial charge in [-0.2, -0.15) is 0 Å². The Morgan fingerprint density at radius 3 is 2.34 bits per heavy atom. The maximum atomic E-state index is 14.2.